The summed E-state index contributed by atoms with van der Waals surface area (Å²) in [6, 6.07) is 0. The SMILES string of the molecule is CCCCC(CCC)c1cn(C)nc1C(CCC)CCCC. The summed E-state index contributed by atoms with van der Waals surface area (Å²) in [6.45, 7) is 9.22. The summed E-state index contributed by atoms with van der Waals surface area (Å²) in [7, 11) is 2.10. The summed E-state index contributed by atoms with van der Waals surface area (Å²) >= 11 is 0. The van der Waals surface area contributed by atoms with Crippen molar-refractivity contribution in [2.45, 2.75) is 104 Å². The van der Waals surface area contributed by atoms with Gasteiger partial charge < -0.3 is 0 Å². The molecule has 0 N–H and O–H groups in total. The van der Waals surface area contributed by atoms with Gasteiger partial charge in [0.15, 0.2) is 0 Å². The van der Waals surface area contributed by atoms with Crippen molar-refractivity contribution in [1.82, 2.24) is 9.78 Å². The normalized spacial score (nSPS) is 14.2. The van der Waals surface area contributed by atoms with E-state index in [1.807, 2.05) is 0 Å². The minimum absolute atomic E-state index is 0.669. The van der Waals surface area contributed by atoms with Crippen LogP contribution in [0.25, 0.3) is 0 Å². The maximum atomic E-state index is 4.91. The van der Waals surface area contributed by atoms with Gasteiger partial charge in [-0.25, -0.2) is 0 Å². The molecule has 2 heteroatoms. The van der Waals surface area contributed by atoms with Gasteiger partial charge in [-0.15, -0.1) is 0 Å². The van der Waals surface area contributed by atoms with Gasteiger partial charge in [0.05, 0.1) is 5.69 Å². The van der Waals surface area contributed by atoms with Crippen LogP contribution in [0.5, 0.6) is 0 Å². The fourth-order valence-electron chi connectivity index (χ4n) is 3.63. The molecule has 0 saturated heterocycles. The summed E-state index contributed by atoms with van der Waals surface area (Å²) in [4.78, 5) is 0. The highest BCUT2D eigenvalue weighted by Gasteiger charge is 2.23. The highest BCUT2D eigenvalue weighted by Crippen LogP contribution is 2.36. The van der Waals surface area contributed by atoms with Crippen molar-refractivity contribution in [2.24, 2.45) is 7.05 Å². The summed E-state index contributed by atoms with van der Waals surface area (Å²) in [6.07, 6.45) is 15.3. The van der Waals surface area contributed by atoms with Gasteiger partial charge in [0.2, 0.25) is 0 Å². The van der Waals surface area contributed by atoms with Crippen LogP contribution in [0.3, 0.4) is 0 Å². The monoisotopic (exact) mass is 306 g/mol. The van der Waals surface area contributed by atoms with Crippen molar-refractivity contribution < 1.29 is 0 Å². The Bertz CT molecular complexity index is 359. The van der Waals surface area contributed by atoms with Gasteiger partial charge in [-0.2, -0.15) is 5.10 Å². The molecule has 22 heavy (non-hydrogen) atoms. The summed E-state index contributed by atoms with van der Waals surface area (Å²) in [5.41, 5.74) is 2.99. The molecule has 0 saturated carbocycles. The van der Waals surface area contributed by atoms with Crippen molar-refractivity contribution in [1.29, 1.82) is 0 Å². The lowest BCUT2D eigenvalue weighted by molar-refractivity contribution is 0.499. The Morgan fingerprint density at radius 3 is 1.91 bits per heavy atom. The zero-order valence-corrected chi connectivity index (χ0v) is 15.7. The van der Waals surface area contributed by atoms with Crippen LogP contribution in [0.2, 0.25) is 0 Å². The van der Waals surface area contributed by atoms with Crippen LogP contribution >= 0.6 is 0 Å². The molecule has 0 spiro atoms. The number of aromatic nitrogens is 2. The van der Waals surface area contributed by atoms with Crippen molar-refractivity contribution in [3.63, 3.8) is 0 Å². The van der Waals surface area contributed by atoms with Gasteiger partial charge in [0.1, 0.15) is 0 Å². The molecular formula is C20H38N2. The van der Waals surface area contributed by atoms with E-state index >= 15 is 0 Å². The summed E-state index contributed by atoms with van der Waals surface area (Å²) in [5, 5.41) is 4.91. The van der Waals surface area contributed by atoms with E-state index in [2.05, 4.69) is 45.6 Å². The molecule has 2 nitrogen and oxygen atoms in total. The van der Waals surface area contributed by atoms with Gasteiger partial charge in [0, 0.05) is 19.2 Å². The Kier molecular flexibility index (Phi) is 9.50. The highest BCUT2D eigenvalue weighted by atomic mass is 15.3. The Labute approximate surface area is 138 Å². The molecule has 128 valence electrons. The molecular weight excluding hydrogens is 268 g/mol. The molecule has 0 aliphatic heterocycles. The first-order valence-corrected chi connectivity index (χ1v) is 9.71. The van der Waals surface area contributed by atoms with Gasteiger partial charge in [-0.1, -0.05) is 66.2 Å². The average molecular weight is 307 g/mol. The molecule has 0 fully saturated rings. The average Bonchev–Trinajstić information content (AvgIpc) is 2.89. The zero-order chi connectivity index (χ0) is 16.4. The quantitative estimate of drug-likeness (QED) is 0.427. The topological polar surface area (TPSA) is 17.8 Å². The van der Waals surface area contributed by atoms with E-state index in [9.17, 15) is 0 Å². The number of unbranched alkanes of at least 4 members (excludes halogenated alkanes) is 2. The van der Waals surface area contributed by atoms with E-state index in [-0.39, 0.29) is 0 Å². The standard InChI is InChI=1S/C20H38N2/c1-6-10-14-17(12-8-3)19-16-22(5)21-20(19)18(13-9-4)15-11-7-2/h16-18H,6-15H2,1-5H3. The molecule has 0 bridgehead atoms. The predicted molar refractivity (Wildman–Crippen MR) is 97.6 cm³/mol. The van der Waals surface area contributed by atoms with Gasteiger partial charge >= 0.3 is 0 Å². The smallest absolute Gasteiger partial charge is 0.0690 e. The predicted octanol–water partition coefficient (Wildman–Crippen LogP) is 6.57. The first-order chi connectivity index (χ1) is 10.7. The third kappa shape index (κ3) is 5.78. The second-order valence-electron chi connectivity index (χ2n) is 6.90. The van der Waals surface area contributed by atoms with Crippen molar-refractivity contribution in [3.05, 3.63) is 17.5 Å². The number of aryl methyl sites for hydroxylation is 1. The lowest BCUT2D eigenvalue weighted by atomic mass is 9.84. The zero-order valence-electron chi connectivity index (χ0n) is 15.7. The Hall–Kier alpha value is -0.790. The third-order valence-corrected chi connectivity index (χ3v) is 4.80. The van der Waals surface area contributed by atoms with Gasteiger partial charge in [0.25, 0.3) is 0 Å². The van der Waals surface area contributed by atoms with Crippen molar-refractivity contribution in [3.8, 4) is 0 Å². The van der Waals surface area contributed by atoms with E-state index in [4.69, 9.17) is 5.10 Å². The minimum Gasteiger partial charge on any atom is -0.275 e. The largest absolute Gasteiger partial charge is 0.275 e. The molecule has 1 aromatic heterocycles. The number of hydrogen-bond donors (Lipinski definition) is 0. The molecule has 0 amide bonds. The van der Waals surface area contributed by atoms with E-state index < -0.39 is 0 Å². The Morgan fingerprint density at radius 1 is 0.818 bits per heavy atom. The van der Waals surface area contributed by atoms with Crippen LogP contribution < -0.4 is 0 Å². The minimum atomic E-state index is 0.669. The lowest BCUT2D eigenvalue weighted by Gasteiger charge is -2.20. The fraction of sp³-hybridized carbons (Fsp3) is 0.850. The van der Waals surface area contributed by atoms with Gasteiger partial charge in [-0.3, -0.25) is 4.68 Å². The molecule has 1 aromatic rings. The second-order valence-corrected chi connectivity index (χ2v) is 6.90. The molecule has 0 aliphatic carbocycles. The van der Waals surface area contributed by atoms with Gasteiger partial charge in [-0.05, 0) is 37.2 Å². The van der Waals surface area contributed by atoms with Crippen LogP contribution in [0, 0.1) is 0 Å². The molecule has 2 unspecified atom stereocenters. The third-order valence-electron chi connectivity index (χ3n) is 4.80. The molecule has 2 atom stereocenters. The maximum Gasteiger partial charge on any atom is 0.0690 e. The van der Waals surface area contributed by atoms with Crippen molar-refractivity contribution in [2.75, 3.05) is 0 Å². The number of hydrogen-bond acceptors (Lipinski definition) is 1. The van der Waals surface area contributed by atoms with Crippen LogP contribution in [0.1, 0.15) is 115 Å². The van der Waals surface area contributed by atoms with Crippen LogP contribution in [-0.2, 0) is 7.05 Å². The molecule has 0 radical (unpaired) electrons. The van der Waals surface area contributed by atoms with E-state index in [1.54, 1.807) is 5.56 Å². The highest BCUT2D eigenvalue weighted by molar-refractivity contribution is 5.25. The Balaban J connectivity index is 3.01. The van der Waals surface area contributed by atoms with E-state index in [0.29, 0.717) is 5.92 Å². The van der Waals surface area contributed by atoms with Crippen LogP contribution in [0.4, 0.5) is 0 Å². The molecule has 0 aromatic carbocycles. The fourth-order valence-corrected chi connectivity index (χ4v) is 3.63. The second kappa shape index (κ2) is 10.9. The van der Waals surface area contributed by atoms with E-state index in [1.165, 1.54) is 69.9 Å². The summed E-state index contributed by atoms with van der Waals surface area (Å²) < 4.78 is 2.06. The lowest BCUT2D eigenvalue weighted by Crippen LogP contribution is -2.07. The molecule has 1 rings (SSSR count). The first kappa shape index (κ1) is 19.3. The summed E-state index contributed by atoms with van der Waals surface area (Å²) in [5.74, 6) is 1.39. The van der Waals surface area contributed by atoms with Crippen molar-refractivity contribution >= 4 is 0 Å². The number of rotatable bonds is 12. The van der Waals surface area contributed by atoms with E-state index in [0.717, 1.165) is 5.92 Å². The van der Waals surface area contributed by atoms with Crippen LogP contribution in [0.15, 0.2) is 6.20 Å². The first-order valence-electron chi connectivity index (χ1n) is 9.71. The number of nitrogens with zero attached hydrogens (tertiary/aromatic N) is 2. The molecule has 1 heterocycles. The molecule has 0 aliphatic rings. The Morgan fingerprint density at radius 2 is 1.36 bits per heavy atom. The van der Waals surface area contributed by atoms with Crippen LogP contribution in [-0.4, -0.2) is 9.78 Å². The maximum absolute atomic E-state index is 4.91.